The summed E-state index contributed by atoms with van der Waals surface area (Å²) in [5.74, 6) is -1.37. The van der Waals surface area contributed by atoms with Crippen LogP contribution in [0.2, 0.25) is 0 Å². The lowest BCUT2D eigenvalue weighted by molar-refractivity contribution is -0.172. The maximum Gasteiger partial charge on any atom is 0.343 e. The molecule has 1 aliphatic carbocycles. The van der Waals surface area contributed by atoms with Gasteiger partial charge >= 0.3 is 5.97 Å². The van der Waals surface area contributed by atoms with Gasteiger partial charge in [-0.3, -0.25) is 14.4 Å². The third-order valence-electron chi connectivity index (χ3n) is 9.32. The number of esters is 1. The molecule has 6 rings (SSSR count). The standard InChI is InChI=1S/C33H36FN3O7/c1-5-33(42)21-12-25-30-19(14-37(25)31(40)20(21)15-44-32(33)41)29-23(35-27(39)9-11-43-10-8-26(38)16(2)3)7-6-18-17(4)22(34)13-24(36-30)28(18)29/h12-13,16,23,42H,5-11,14-15H2,1-4H3,(H,35,39)/t23-,33-/m0/s1. The Kier molecular flexibility index (Phi) is 7.65. The zero-order valence-corrected chi connectivity index (χ0v) is 25.3. The van der Waals surface area contributed by atoms with Gasteiger partial charge in [-0.1, -0.05) is 20.8 Å². The number of cyclic esters (lactones) is 1. The highest BCUT2D eigenvalue weighted by Crippen LogP contribution is 2.45. The molecule has 1 aromatic carbocycles. The van der Waals surface area contributed by atoms with Gasteiger partial charge in [0.2, 0.25) is 5.91 Å². The van der Waals surface area contributed by atoms with Gasteiger partial charge in [0, 0.05) is 41.3 Å². The van der Waals surface area contributed by atoms with Crippen LogP contribution in [0.5, 0.6) is 0 Å². The number of fused-ring (bicyclic) bond motifs is 5. The van der Waals surface area contributed by atoms with Crippen LogP contribution in [-0.2, 0) is 49.0 Å². The first-order valence-corrected chi connectivity index (χ1v) is 15.2. The lowest BCUT2D eigenvalue weighted by Gasteiger charge is -2.31. The summed E-state index contributed by atoms with van der Waals surface area (Å²) in [6, 6.07) is 2.59. The highest BCUT2D eigenvalue weighted by Gasteiger charge is 2.46. The van der Waals surface area contributed by atoms with Crippen LogP contribution in [0.25, 0.3) is 22.3 Å². The number of hydrogen-bond donors (Lipinski definition) is 2. The number of amides is 1. The molecule has 3 aromatic rings. The molecule has 2 N–H and O–H groups in total. The van der Waals surface area contributed by atoms with E-state index in [0.29, 0.717) is 41.7 Å². The van der Waals surface area contributed by atoms with Crippen molar-refractivity contribution in [2.45, 2.75) is 84.6 Å². The number of aromatic nitrogens is 2. The Morgan fingerprint density at radius 2 is 1.95 bits per heavy atom. The zero-order chi connectivity index (χ0) is 31.5. The topological polar surface area (TPSA) is 137 Å². The van der Waals surface area contributed by atoms with Crippen molar-refractivity contribution >= 4 is 28.6 Å². The van der Waals surface area contributed by atoms with Gasteiger partial charge in [0.1, 0.15) is 18.2 Å². The van der Waals surface area contributed by atoms with E-state index in [1.165, 1.54) is 6.07 Å². The molecular weight excluding hydrogens is 569 g/mol. The maximum atomic E-state index is 15.1. The van der Waals surface area contributed by atoms with Crippen molar-refractivity contribution in [3.8, 4) is 11.4 Å². The first-order chi connectivity index (χ1) is 21.0. The van der Waals surface area contributed by atoms with E-state index in [9.17, 15) is 24.3 Å². The largest absolute Gasteiger partial charge is 0.458 e. The number of rotatable bonds is 9. The molecule has 4 heterocycles. The molecule has 0 saturated carbocycles. The Morgan fingerprint density at radius 3 is 2.68 bits per heavy atom. The summed E-state index contributed by atoms with van der Waals surface area (Å²) in [4.78, 5) is 56.1. The minimum Gasteiger partial charge on any atom is -0.458 e. The molecule has 3 aliphatic rings. The van der Waals surface area contributed by atoms with E-state index < -0.39 is 23.2 Å². The van der Waals surface area contributed by atoms with E-state index in [0.717, 1.165) is 22.1 Å². The first kappa shape index (κ1) is 30.1. The van der Waals surface area contributed by atoms with E-state index in [-0.39, 0.29) is 73.8 Å². The molecule has 10 nitrogen and oxygen atoms in total. The average molecular weight is 606 g/mol. The highest BCUT2D eigenvalue weighted by atomic mass is 19.1. The van der Waals surface area contributed by atoms with E-state index in [1.54, 1.807) is 24.5 Å². The molecule has 232 valence electrons. The minimum atomic E-state index is -1.97. The molecule has 2 aromatic heterocycles. The van der Waals surface area contributed by atoms with E-state index in [4.69, 9.17) is 14.5 Å². The number of hydrogen-bond acceptors (Lipinski definition) is 8. The number of halogens is 1. The Labute approximate surface area is 253 Å². The second kappa shape index (κ2) is 11.2. The normalized spacial score (nSPS) is 19.9. The van der Waals surface area contributed by atoms with Gasteiger partial charge in [0.25, 0.3) is 5.56 Å². The molecule has 0 unspecified atom stereocenters. The molecule has 0 bridgehead atoms. The Hall–Kier alpha value is -3.96. The van der Waals surface area contributed by atoms with Crippen LogP contribution in [0.3, 0.4) is 0 Å². The van der Waals surface area contributed by atoms with Crippen LogP contribution in [0.15, 0.2) is 16.9 Å². The quantitative estimate of drug-likeness (QED) is 0.218. The lowest BCUT2D eigenvalue weighted by Crippen LogP contribution is -2.44. The summed E-state index contributed by atoms with van der Waals surface area (Å²) >= 11 is 0. The molecule has 11 heteroatoms. The van der Waals surface area contributed by atoms with Gasteiger partial charge in [0.05, 0.1) is 48.3 Å². The van der Waals surface area contributed by atoms with Crippen molar-refractivity contribution in [3.63, 3.8) is 0 Å². The number of nitrogens with zero attached hydrogens (tertiary/aromatic N) is 2. The number of aryl methyl sites for hydroxylation is 1. The summed E-state index contributed by atoms with van der Waals surface area (Å²) in [5, 5.41) is 15.1. The van der Waals surface area contributed by atoms with Crippen molar-refractivity contribution in [2.75, 3.05) is 13.2 Å². The highest BCUT2D eigenvalue weighted by molar-refractivity contribution is 5.94. The van der Waals surface area contributed by atoms with Crippen molar-refractivity contribution in [3.05, 3.63) is 61.7 Å². The number of benzene rings is 1. The number of carbonyl (C=O) groups is 3. The third-order valence-corrected chi connectivity index (χ3v) is 9.32. The number of pyridine rings is 2. The number of nitrogens with one attached hydrogen (secondary N) is 1. The molecule has 0 radical (unpaired) electrons. The van der Waals surface area contributed by atoms with E-state index in [2.05, 4.69) is 5.32 Å². The Balaban J connectivity index is 1.38. The van der Waals surface area contributed by atoms with Crippen LogP contribution < -0.4 is 10.9 Å². The molecule has 0 fully saturated rings. The van der Waals surface area contributed by atoms with Crippen LogP contribution >= 0.6 is 0 Å². The summed E-state index contributed by atoms with van der Waals surface area (Å²) < 4.78 is 27.4. The van der Waals surface area contributed by atoms with Gasteiger partial charge < -0.3 is 24.5 Å². The molecule has 0 spiro atoms. The first-order valence-electron chi connectivity index (χ1n) is 15.2. The van der Waals surface area contributed by atoms with Crippen LogP contribution in [0.4, 0.5) is 4.39 Å². The molecule has 0 saturated heterocycles. The third kappa shape index (κ3) is 4.73. The number of ketones is 1. The molecule has 1 amide bonds. The smallest absolute Gasteiger partial charge is 0.343 e. The average Bonchev–Trinajstić information content (AvgIpc) is 3.36. The fourth-order valence-electron chi connectivity index (χ4n) is 6.69. The van der Waals surface area contributed by atoms with Crippen LogP contribution in [0, 0.1) is 18.7 Å². The van der Waals surface area contributed by atoms with Crippen molar-refractivity contribution in [2.24, 2.45) is 5.92 Å². The monoisotopic (exact) mass is 605 g/mol. The Morgan fingerprint density at radius 1 is 1.20 bits per heavy atom. The SMILES string of the molecule is CC[C@@]1(O)C(=O)OCc2c1cc1n(c2=O)Cc2c-1nc1cc(F)c(C)c3c1c2[C@@H](NC(=O)CCOCCC(=O)C(C)C)CC3. The predicted octanol–water partition coefficient (Wildman–Crippen LogP) is 3.65. The number of Topliss-reactive ketones (excluding diaryl/α,β-unsaturated/α-hetero) is 1. The van der Waals surface area contributed by atoms with Gasteiger partial charge in [-0.25, -0.2) is 14.2 Å². The van der Waals surface area contributed by atoms with Gasteiger partial charge in [-0.05, 0) is 48.9 Å². The van der Waals surface area contributed by atoms with Gasteiger partial charge in [-0.15, -0.1) is 0 Å². The zero-order valence-electron chi connectivity index (χ0n) is 25.3. The summed E-state index contributed by atoms with van der Waals surface area (Å²) in [6.45, 7) is 7.40. The van der Waals surface area contributed by atoms with Crippen LogP contribution in [-0.4, -0.2) is 45.5 Å². The van der Waals surface area contributed by atoms with E-state index >= 15 is 4.39 Å². The Bertz CT molecular complexity index is 1800. The predicted molar refractivity (Wildman–Crippen MR) is 158 cm³/mol. The van der Waals surface area contributed by atoms with Crippen molar-refractivity contribution < 1.29 is 33.4 Å². The number of carbonyl (C=O) groups excluding carboxylic acids is 3. The van der Waals surface area contributed by atoms with Crippen LogP contribution in [0.1, 0.15) is 85.9 Å². The second-order valence-corrected chi connectivity index (χ2v) is 12.2. The van der Waals surface area contributed by atoms with Gasteiger partial charge in [-0.2, -0.15) is 0 Å². The number of aliphatic hydroxyl groups is 1. The van der Waals surface area contributed by atoms with Crippen molar-refractivity contribution in [1.29, 1.82) is 0 Å². The summed E-state index contributed by atoms with van der Waals surface area (Å²) in [7, 11) is 0. The molecule has 44 heavy (non-hydrogen) atoms. The molecular formula is C33H36FN3O7. The maximum absolute atomic E-state index is 15.1. The fourth-order valence-corrected chi connectivity index (χ4v) is 6.69. The minimum absolute atomic E-state index is 0.0185. The summed E-state index contributed by atoms with van der Waals surface area (Å²) in [5.41, 5.74) is 2.25. The van der Waals surface area contributed by atoms with Gasteiger partial charge in [0.15, 0.2) is 5.60 Å². The number of ether oxygens (including phenoxy) is 2. The van der Waals surface area contributed by atoms with E-state index in [1.807, 2.05) is 13.8 Å². The second-order valence-electron chi connectivity index (χ2n) is 12.2. The molecule has 2 aliphatic heterocycles. The lowest BCUT2D eigenvalue weighted by atomic mass is 9.81. The summed E-state index contributed by atoms with van der Waals surface area (Å²) in [6.07, 6.45) is 1.49. The molecule has 2 atom stereocenters. The van der Waals surface area contributed by atoms with Crippen molar-refractivity contribution in [1.82, 2.24) is 14.9 Å². The fraction of sp³-hybridized carbons (Fsp3) is 0.485.